The number of nitrogens with two attached hydrogens (primary N) is 1. The van der Waals surface area contributed by atoms with E-state index in [2.05, 4.69) is 0 Å². The van der Waals surface area contributed by atoms with E-state index in [1.807, 2.05) is 49.4 Å². The Morgan fingerprint density at radius 3 is 2.37 bits per heavy atom. The van der Waals surface area contributed by atoms with Crippen LogP contribution < -0.4 is 5.73 Å². The molecule has 0 radical (unpaired) electrons. The van der Waals surface area contributed by atoms with E-state index < -0.39 is 0 Å². The van der Waals surface area contributed by atoms with Gasteiger partial charge < -0.3 is 5.73 Å². The Labute approximate surface area is 128 Å². The first-order valence-electron chi connectivity index (χ1n) is 5.98. The maximum Gasteiger partial charge on any atom is 0.0545 e. The van der Waals surface area contributed by atoms with Crippen LogP contribution in [-0.2, 0) is 5.75 Å². The summed E-state index contributed by atoms with van der Waals surface area (Å²) in [4.78, 5) is 1.07. The average molecular weight is 312 g/mol. The molecule has 2 aromatic carbocycles. The molecule has 4 heteroatoms. The predicted molar refractivity (Wildman–Crippen MR) is 85.1 cm³/mol. The summed E-state index contributed by atoms with van der Waals surface area (Å²) in [5, 5.41) is 1.52. The first kappa shape index (κ1) is 14.7. The van der Waals surface area contributed by atoms with Crippen molar-refractivity contribution in [3.8, 4) is 0 Å². The lowest BCUT2D eigenvalue weighted by molar-refractivity contribution is 0.817. The van der Waals surface area contributed by atoms with Crippen LogP contribution >= 0.6 is 35.0 Å². The highest BCUT2D eigenvalue weighted by Crippen LogP contribution is 2.31. The van der Waals surface area contributed by atoms with Crippen LogP contribution in [0.4, 0.5) is 0 Å². The van der Waals surface area contributed by atoms with Crippen LogP contribution in [0.25, 0.3) is 0 Å². The van der Waals surface area contributed by atoms with Gasteiger partial charge in [-0.05, 0) is 42.3 Å². The minimum absolute atomic E-state index is 0.00724. The van der Waals surface area contributed by atoms with Crippen LogP contribution in [0.3, 0.4) is 0 Å². The molecule has 0 bridgehead atoms. The molecule has 100 valence electrons. The molecular weight excluding hydrogens is 297 g/mol. The van der Waals surface area contributed by atoms with Crippen LogP contribution in [0, 0.1) is 0 Å². The first-order valence-corrected chi connectivity index (χ1v) is 7.72. The van der Waals surface area contributed by atoms with Gasteiger partial charge in [-0.2, -0.15) is 0 Å². The molecule has 2 N–H and O–H groups in total. The van der Waals surface area contributed by atoms with E-state index in [0.29, 0.717) is 0 Å². The summed E-state index contributed by atoms with van der Waals surface area (Å²) in [6.45, 7) is 1.95. The van der Waals surface area contributed by atoms with Gasteiger partial charge in [-0.25, -0.2) is 0 Å². The van der Waals surface area contributed by atoms with E-state index in [0.717, 1.165) is 26.3 Å². The lowest BCUT2D eigenvalue weighted by Crippen LogP contribution is -2.04. The third-order valence-corrected chi connectivity index (χ3v) is 4.61. The SMILES string of the molecule is CC(N)c1ccc(SCc2ccc(Cl)cc2)c(Cl)c1. The van der Waals surface area contributed by atoms with Gasteiger partial charge in [0.1, 0.15) is 0 Å². The minimum Gasteiger partial charge on any atom is -0.324 e. The number of halogens is 2. The maximum absolute atomic E-state index is 6.27. The fourth-order valence-corrected chi connectivity index (χ4v) is 3.01. The Balaban J connectivity index is 2.05. The molecule has 0 aliphatic rings. The number of hydrogen-bond acceptors (Lipinski definition) is 2. The normalized spacial score (nSPS) is 12.4. The zero-order valence-electron chi connectivity index (χ0n) is 10.6. The molecule has 0 aliphatic heterocycles. The van der Waals surface area contributed by atoms with Gasteiger partial charge in [-0.15, -0.1) is 11.8 Å². The van der Waals surface area contributed by atoms with Crippen LogP contribution in [-0.4, -0.2) is 0 Å². The van der Waals surface area contributed by atoms with E-state index in [1.54, 1.807) is 11.8 Å². The van der Waals surface area contributed by atoms with Gasteiger partial charge in [0.25, 0.3) is 0 Å². The summed E-state index contributed by atoms with van der Waals surface area (Å²) < 4.78 is 0. The predicted octanol–water partition coefficient (Wildman–Crippen LogP) is 5.31. The molecule has 0 saturated heterocycles. The van der Waals surface area contributed by atoms with E-state index in [4.69, 9.17) is 28.9 Å². The summed E-state index contributed by atoms with van der Waals surface area (Å²) >= 11 is 13.8. The fourth-order valence-electron chi connectivity index (χ4n) is 1.66. The van der Waals surface area contributed by atoms with Gasteiger partial charge >= 0.3 is 0 Å². The van der Waals surface area contributed by atoms with Crippen molar-refractivity contribution in [1.29, 1.82) is 0 Å². The number of benzene rings is 2. The Bertz CT molecular complexity index is 553. The summed E-state index contributed by atoms with van der Waals surface area (Å²) in [7, 11) is 0. The van der Waals surface area contributed by atoms with Crippen molar-refractivity contribution in [2.24, 2.45) is 5.73 Å². The Morgan fingerprint density at radius 1 is 1.11 bits per heavy atom. The number of rotatable bonds is 4. The molecule has 1 unspecified atom stereocenters. The monoisotopic (exact) mass is 311 g/mol. The molecule has 19 heavy (non-hydrogen) atoms. The van der Waals surface area contributed by atoms with Crippen LogP contribution in [0.2, 0.25) is 10.0 Å². The highest BCUT2D eigenvalue weighted by Gasteiger charge is 2.06. The third kappa shape index (κ3) is 4.15. The molecule has 0 fully saturated rings. The molecule has 0 heterocycles. The zero-order valence-corrected chi connectivity index (χ0v) is 12.9. The van der Waals surface area contributed by atoms with E-state index in [-0.39, 0.29) is 6.04 Å². The van der Waals surface area contributed by atoms with Crippen LogP contribution in [0.15, 0.2) is 47.4 Å². The first-order chi connectivity index (χ1) is 9.06. The fraction of sp³-hybridized carbons (Fsp3) is 0.200. The Kier molecular flexibility index (Phi) is 5.17. The van der Waals surface area contributed by atoms with Gasteiger partial charge in [0, 0.05) is 21.7 Å². The standard InChI is InChI=1S/C15H15Cl2NS/c1-10(18)12-4-7-15(14(17)8-12)19-9-11-2-5-13(16)6-3-11/h2-8,10H,9,18H2,1H3. The van der Waals surface area contributed by atoms with E-state index >= 15 is 0 Å². The van der Waals surface area contributed by atoms with Crippen molar-refractivity contribution < 1.29 is 0 Å². The summed E-state index contributed by atoms with van der Waals surface area (Å²) in [5.74, 6) is 0.869. The largest absolute Gasteiger partial charge is 0.324 e. The van der Waals surface area contributed by atoms with Gasteiger partial charge in [0.2, 0.25) is 0 Å². The van der Waals surface area contributed by atoms with Crippen molar-refractivity contribution >= 4 is 35.0 Å². The molecule has 1 atom stereocenters. The smallest absolute Gasteiger partial charge is 0.0545 e. The zero-order chi connectivity index (χ0) is 13.8. The second-order valence-corrected chi connectivity index (χ2v) is 6.25. The lowest BCUT2D eigenvalue weighted by Gasteiger charge is -2.09. The lowest BCUT2D eigenvalue weighted by atomic mass is 10.1. The third-order valence-electron chi connectivity index (χ3n) is 2.79. The molecule has 0 aromatic heterocycles. The van der Waals surface area contributed by atoms with Crippen LogP contribution in [0.5, 0.6) is 0 Å². The summed E-state index contributed by atoms with van der Waals surface area (Å²) in [5.41, 5.74) is 8.11. The molecule has 0 aliphatic carbocycles. The van der Waals surface area contributed by atoms with E-state index in [1.165, 1.54) is 5.56 Å². The minimum atomic E-state index is 0.00724. The van der Waals surface area contributed by atoms with Crippen molar-refractivity contribution in [2.45, 2.75) is 23.6 Å². The van der Waals surface area contributed by atoms with Gasteiger partial charge in [-0.3, -0.25) is 0 Å². The topological polar surface area (TPSA) is 26.0 Å². The molecular formula is C15H15Cl2NS. The van der Waals surface area contributed by atoms with E-state index in [9.17, 15) is 0 Å². The molecule has 0 spiro atoms. The Morgan fingerprint density at radius 2 is 1.79 bits per heavy atom. The second-order valence-electron chi connectivity index (χ2n) is 4.39. The molecule has 1 nitrogen and oxygen atoms in total. The average Bonchev–Trinajstić information content (AvgIpc) is 2.39. The summed E-state index contributed by atoms with van der Waals surface area (Å²) in [6, 6.07) is 13.9. The summed E-state index contributed by atoms with van der Waals surface area (Å²) in [6.07, 6.45) is 0. The van der Waals surface area contributed by atoms with Crippen molar-refractivity contribution in [2.75, 3.05) is 0 Å². The quantitative estimate of drug-likeness (QED) is 0.775. The number of thioether (sulfide) groups is 1. The van der Waals surface area contributed by atoms with Gasteiger partial charge in [0.15, 0.2) is 0 Å². The van der Waals surface area contributed by atoms with Crippen molar-refractivity contribution in [3.05, 3.63) is 63.6 Å². The maximum atomic E-state index is 6.27. The molecule has 0 amide bonds. The van der Waals surface area contributed by atoms with Crippen LogP contribution in [0.1, 0.15) is 24.1 Å². The molecule has 2 aromatic rings. The second kappa shape index (κ2) is 6.67. The highest BCUT2D eigenvalue weighted by atomic mass is 35.5. The highest BCUT2D eigenvalue weighted by molar-refractivity contribution is 7.98. The van der Waals surface area contributed by atoms with Crippen molar-refractivity contribution in [1.82, 2.24) is 0 Å². The Hall–Kier alpha value is -0.670. The van der Waals surface area contributed by atoms with Crippen molar-refractivity contribution in [3.63, 3.8) is 0 Å². The molecule has 2 rings (SSSR count). The number of hydrogen-bond donors (Lipinski definition) is 1. The van der Waals surface area contributed by atoms with Gasteiger partial charge in [-0.1, -0.05) is 41.4 Å². The van der Waals surface area contributed by atoms with Gasteiger partial charge in [0.05, 0.1) is 5.02 Å². The molecule has 0 saturated carbocycles.